The first-order chi connectivity index (χ1) is 15.1. The predicted octanol–water partition coefficient (Wildman–Crippen LogP) is 4.06. The summed E-state index contributed by atoms with van der Waals surface area (Å²) in [4.78, 5) is 22.2. The van der Waals surface area contributed by atoms with Gasteiger partial charge >= 0.3 is 0 Å². The summed E-state index contributed by atoms with van der Waals surface area (Å²) in [6.07, 6.45) is 8.61. The zero-order valence-electron chi connectivity index (χ0n) is 18.3. The van der Waals surface area contributed by atoms with Gasteiger partial charge < -0.3 is 15.1 Å². The van der Waals surface area contributed by atoms with E-state index in [1.54, 1.807) is 0 Å². The third-order valence-corrected chi connectivity index (χ3v) is 6.45. The fourth-order valence-corrected chi connectivity index (χ4v) is 4.74. The number of aryl methyl sites for hydroxylation is 1. The van der Waals surface area contributed by atoms with Gasteiger partial charge in [-0.25, -0.2) is 4.98 Å². The number of pyridine rings is 1. The van der Waals surface area contributed by atoms with E-state index in [4.69, 9.17) is 0 Å². The van der Waals surface area contributed by atoms with E-state index < -0.39 is 0 Å². The molecule has 0 bridgehead atoms. The van der Waals surface area contributed by atoms with Crippen LogP contribution in [0.1, 0.15) is 43.1 Å². The minimum absolute atomic E-state index is 0.178. The SMILES string of the molecule is CC1CCN(c2ccc(C(=O)Nc3cc4cn(C)nc4cc3N3CCCCC3)nc2)C1. The van der Waals surface area contributed by atoms with Crippen molar-refractivity contribution in [3.8, 4) is 0 Å². The lowest BCUT2D eigenvalue weighted by Gasteiger charge is -2.30. The van der Waals surface area contributed by atoms with E-state index >= 15 is 0 Å². The Morgan fingerprint density at radius 2 is 1.94 bits per heavy atom. The van der Waals surface area contributed by atoms with Crippen LogP contribution in [0.25, 0.3) is 10.9 Å². The zero-order chi connectivity index (χ0) is 21.4. The van der Waals surface area contributed by atoms with Crippen molar-refractivity contribution < 1.29 is 4.79 Å². The Bertz CT molecular complexity index is 1080. The van der Waals surface area contributed by atoms with Crippen LogP contribution in [0.3, 0.4) is 0 Å². The average Bonchev–Trinajstić information content (AvgIpc) is 3.38. The van der Waals surface area contributed by atoms with Crippen LogP contribution in [-0.2, 0) is 7.05 Å². The average molecular weight is 419 g/mol. The lowest BCUT2D eigenvalue weighted by atomic mass is 10.1. The van der Waals surface area contributed by atoms with Gasteiger partial charge in [0.25, 0.3) is 5.91 Å². The number of amides is 1. The molecule has 0 aliphatic carbocycles. The summed E-state index contributed by atoms with van der Waals surface area (Å²) >= 11 is 0. The van der Waals surface area contributed by atoms with Crippen LogP contribution in [0, 0.1) is 5.92 Å². The molecule has 1 unspecified atom stereocenters. The largest absolute Gasteiger partial charge is 0.370 e. The Balaban J connectivity index is 1.40. The number of anilines is 3. The van der Waals surface area contributed by atoms with Crippen molar-refractivity contribution >= 4 is 33.9 Å². The Kier molecular flexibility index (Phi) is 5.26. The molecule has 2 saturated heterocycles. The highest BCUT2D eigenvalue weighted by atomic mass is 16.1. The number of fused-ring (bicyclic) bond motifs is 1. The van der Waals surface area contributed by atoms with Crippen molar-refractivity contribution in [1.82, 2.24) is 14.8 Å². The van der Waals surface area contributed by atoms with Crippen LogP contribution in [0.15, 0.2) is 36.7 Å². The summed E-state index contributed by atoms with van der Waals surface area (Å²) in [5.74, 6) is 0.529. The molecular formula is C24H30N6O. The number of hydrogen-bond acceptors (Lipinski definition) is 5. The van der Waals surface area contributed by atoms with Crippen LogP contribution >= 0.6 is 0 Å². The first-order valence-corrected chi connectivity index (χ1v) is 11.3. The molecule has 2 aromatic heterocycles. The molecule has 1 amide bonds. The summed E-state index contributed by atoms with van der Waals surface area (Å²) in [7, 11) is 1.92. The molecule has 7 heteroatoms. The predicted molar refractivity (Wildman–Crippen MR) is 125 cm³/mol. The first-order valence-electron chi connectivity index (χ1n) is 11.3. The molecule has 1 N–H and O–H groups in total. The summed E-state index contributed by atoms with van der Waals surface area (Å²) in [5.41, 5.74) is 4.34. The molecule has 1 atom stereocenters. The number of piperidine rings is 1. The summed E-state index contributed by atoms with van der Waals surface area (Å²) < 4.78 is 1.82. The molecule has 2 aliphatic rings. The van der Waals surface area contributed by atoms with Crippen molar-refractivity contribution in [3.05, 3.63) is 42.4 Å². The summed E-state index contributed by atoms with van der Waals surface area (Å²) in [5, 5.41) is 8.71. The molecule has 0 spiro atoms. The van der Waals surface area contributed by atoms with Crippen molar-refractivity contribution in [2.45, 2.75) is 32.6 Å². The molecule has 2 fully saturated rings. The van der Waals surface area contributed by atoms with E-state index in [0.717, 1.165) is 54.1 Å². The van der Waals surface area contributed by atoms with E-state index in [9.17, 15) is 4.79 Å². The van der Waals surface area contributed by atoms with Crippen LogP contribution in [0.4, 0.5) is 17.1 Å². The Hall–Kier alpha value is -3.09. The third kappa shape index (κ3) is 4.09. The Morgan fingerprint density at radius 1 is 1.10 bits per heavy atom. The second-order valence-corrected chi connectivity index (χ2v) is 8.97. The van der Waals surface area contributed by atoms with E-state index in [2.05, 4.69) is 38.2 Å². The van der Waals surface area contributed by atoms with Crippen molar-refractivity contribution in [1.29, 1.82) is 0 Å². The van der Waals surface area contributed by atoms with Crippen LogP contribution < -0.4 is 15.1 Å². The molecule has 4 heterocycles. The molecule has 3 aromatic rings. The highest BCUT2D eigenvalue weighted by molar-refractivity contribution is 6.06. The molecule has 0 radical (unpaired) electrons. The first kappa shape index (κ1) is 19.8. The van der Waals surface area contributed by atoms with Gasteiger partial charge in [0.1, 0.15) is 5.69 Å². The van der Waals surface area contributed by atoms with Crippen molar-refractivity contribution in [2.75, 3.05) is 41.3 Å². The van der Waals surface area contributed by atoms with E-state index in [1.807, 2.05) is 42.3 Å². The maximum Gasteiger partial charge on any atom is 0.274 e. The van der Waals surface area contributed by atoms with Gasteiger partial charge in [-0.1, -0.05) is 6.92 Å². The maximum atomic E-state index is 13.0. The lowest BCUT2D eigenvalue weighted by Crippen LogP contribution is -2.30. The zero-order valence-corrected chi connectivity index (χ0v) is 18.3. The summed E-state index contributed by atoms with van der Waals surface area (Å²) in [6, 6.07) is 7.97. The van der Waals surface area contributed by atoms with Gasteiger partial charge in [-0.2, -0.15) is 5.10 Å². The van der Waals surface area contributed by atoms with Gasteiger partial charge in [-0.05, 0) is 55.9 Å². The molecule has 162 valence electrons. The maximum absolute atomic E-state index is 13.0. The second-order valence-electron chi connectivity index (χ2n) is 8.97. The van der Waals surface area contributed by atoms with Crippen molar-refractivity contribution in [3.63, 3.8) is 0 Å². The number of benzene rings is 1. The minimum Gasteiger partial charge on any atom is -0.370 e. The highest BCUT2D eigenvalue weighted by Crippen LogP contribution is 2.33. The molecule has 31 heavy (non-hydrogen) atoms. The number of aromatic nitrogens is 3. The standard InChI is InChI=1S/C24H30N6O/c1-17-8-11-30(15-17)19-6-7-20(25-14-19)24(31)26-22-12-18-16-28(2)27-21(18)13-23(22)29-9-4-3-5-10-29/h6-7,12-14,16-17H,3-5,8-11,15H2,1-2H3,(H,26,31). The molecular weight excluding hydrogens is 388 g/mol. The Morgan fingerprint density at radius 3 is 2.65 bits per heavy atom. The van der Waals surface area contributed by atoms with Gasteiger partial charge in [-0.15, -0.1) is 0 Å². The van der Waals surface area contributed by atoms with E-state index in [-0.39, 0.29) is 5.91 Å². The number of carbonyl (C=O) groups excluding carboxylic acids is 1. The van der Waals surface area contributed by atoms with Gasteiger partial charge in [-0.3, -0.25) is 9.48 Å². The smallest absolute Gasteiger partial charge is 0.274 e. The quantitative estimate of drug-likeness (QED) is 0.692. The van der Waals surface area contributed by atoms with Crippen molar-refractivity contribution in [2.24, 2.45) is 13.0 Å². The van der Waals surface area contributed by atoms with E-state index in [0.29, 0.717) is 11.6 Å². The fraction of sp³-hybridized carbons (Fsp3) is 0.458. The van der Waals surface area contributed by atoms with E-state index in [1.165, 1.54) is 25.7 Å². The van der Waals surface area contributed by atoms with Gasteiger partial charge in [0.2, 0.25) is 0 Å². The van der Waals surface area contributed by atoms with Gasteiger partial charge in [0.05, 0.1) is 28.8 Å². The monoisotopic (exact) mass is 418 g/mol. The number of rotatable bonds is 4. The number of hydrogen-bond donors (Lipinski definition) is 1. The summed E-state index contributed by atoms with van der Waals surface area (Å²) in [6.45, 7) is 6.38. The minimum atomic E-state index is -0.178. The Labute approximate surface area is 183 Å². The molecule has 1 aromatic carbocycles. The molecule has 0 saturated carbocycles. The lowest BCUT2D eigenvalue weighted by molar-refractivity contribution is 0.102. The number of carbonyl (C=O) groups is 1. The number of nitrogens with one attached hydrogen (secondary N) is 1. The highest BCUT2D eigenvalue weighted by Gasteiger charge is 2.21. The normalized spacial score (nSPS) is 19.2. The fourth-order valence-electron chi connectivity index (χ4n) is 4.74. The second kappa shape index (κ2) is 8.21. The molecule has 5 rings (SSSR count). The van der Waals surface area contributed by atoms with Gasteiger partial charge in [0.15, 0.2) is 0 Å². The molecule has 2 aliphatic heterocycles. The van der Waals surface area contributed by atoms with Crippen LogP contribution in [0.5, 0.6) is 0 Å². The van der Waals surface area contributed by atoms with Crippen LogP contribution in [0.2, 0.25) is 0 Å². The number of nitrogens with zero attached hydrogens (tertiary/aromatic N) is 5. The molecule has 7 nitrogen and oxygen atoms in total. The van der Waals surface area contributed by atoms with Crippen LogP contribution in [-0.4, -0.2) is 46.9 Å². The van der Waals surface area contributed by atoms with Gasteiger partial charge in [0, 0.05) is 44.8 Å². The topological polar surface area (TPSA) is 66.3 Å². The third-order valence-electron chi connectivity index (χ3n) is 6.45.